The predicted molar refractivity (Wildman–Crippen MR) is 83.4 cm³/mol. The summed E-state index contributed by atoms with van der Waals surface area (Å²) in [6.07, 6.45) is 4.50. The van der Waals surface area contributed by atoms with Crippen molar-refractivity contribution in [3.8, 4) is 0 Å². The summed E-state index contributed by atoms with van der Waals surface area (Å²) in [7, 11) is 0. The van der Waals surface area contributed by atoms with Gasteiger partial charge in [-0.25, -0.2) is 9.37 Å². The van der Waals surface area contributed by atoms with Crippen LogP contribution in [-0.2, 0) is 11.3 Å². The van der Waals surface area contributed by atoms with E-state index in [2.05, 4.69) is 15.3 Å². The highest BCUT2D eigenvalue weighted by Crippen LogP contribution is 2.09. The summed E-state index contributed by atoms with van der Waals surface area (Å²) in [5, 5.41) is 3.04. The Kier molecular flexibility index (Phi) is 4.09. The van der Waals surface area contributed by atoms with E-state index in [-0.39, 0.29) is 24.4 Å². The maximum absolute atomic E-state index is 13.1. The normalized spacial score (nSPS) is 10.7. The fraction of sp³-hybridized carbons (Fsp3) is 0.125. The Hall–Kier alpha value is -3.09. The number of aryl methyl sites for hydroxylation is 1. The molecule has 23 heavy (non-hydrogen) atoms. The van der Waals surface area contributed by atoms with Crippen molar-refractivity contribution in [1.82, 2.24) is 14.5 Å². The predicted octanol–water partition coefficient (Wildman–Crippen LogP) is 1.96. The molecule has 0 aliphatic carbocycles. The number of aromatic nitrogens is 3. The number of amides is 1. The molecule has 0 saturated carbocycles. The molecule has 0 aliphatic rings. The maximum Gasteiger partial charge on any atom is 0.261 e. The lowest BCUT2D eigenvalue weighted by molar-refractivity contribution is -0.116. The van der Waals surface area contributed by atoms with Crippen molar-refractivity contribution >= 4 is 22.5 Å². The Bertz CT molecular complexity index is 923. The molecule has 2 aromatic heterocycles. The summed E-state index contributed by atoms with van der Waals surface area (Å²) in [6, 6.07) is 7.22. The molecule has 0 bridgehead atoms. The van der Waals surface area contributed by atoms with Crippen LogP contribution in [0.3, 0.4) is 0 Å². The van der Waals surface area contributed by atoms with Crippen molar-refractivity contribution in [1.29, 1.82) is 0 Å². The van der Waals surface area contributed by atoms with Crippen molar-refractivity contribution in [2.75, 3.05) is 5.32 Å². The van der Waals surface area contributed by atoms with E-state index >= 15 is 0 Å². The number of hydrogen-bond donors (Lipinski definition) is 1. The SMILES string of the molecule is O=C(CCn1cnc2cnccc2c1=O)Nc1cccc(F)c1. The Morgan fingerprint density at radius 3 is 3.00 bits per heavy atom. The lowest BCUT2D eigenvalue weighted by atomic mass is 10.3. The monoisotopic (exact) mass is 312 g/mol. The van der Waals surface area contributed by atoms with E-state index in [0.29, 0.717) is 16.6 Å². The number of rotatable bonds is 4. The number of nitrogens with one attached hydrogen (secondary N) is 1. The minimum Gasteiger partial charge on any atom is -0.326 e. The van der Waals surface area contributed by atoms with E-state index in [1.54, 1.807) is 12.1 Å². The third-order valence-electron chi connectivity index (χ3n) is 3.32. The molecule has 1 aromatic carbocycles. The van der Waals surface area contributed by atoms with Crippen LogP contribution < -0.4 is 10.9 Å². The van der Waals surface area contributed by atoms with Crippen LogP contribution in [0.25, 0.3) is 10.9 Å². The number of hydrogen-bond acceptors (Lipinski definition) is 4. The van der Waals surface area contributed by atoms with E-state index in [0.717, 1.165) is 0 Å². The third kappa shape index (κ3) is 3.39. The van der Waals surface area contributed by atoms with Crippen molar-refractivity contribution in [2.24, 2.45) is 0 Å². The van der Waals surface area contributed by atoms with Crippen molar-refractivity contribution in [3.05, 3.63) is 65.2 Å². The molecule has 0 saturated heterocycles. The number of anilines is 1. The number of fused-ring (bicyclic) bond motifs is 1. The molecule has 0 fully saturated rings. The molecule has 0 unspecified atom stereocenters. The molecule has 116 valence electrons. The van der Waals surface area contributed by atoms with E-state index in [1.165, 1.54) is 41.5 Å². The van der Waals surface area contributed by atoms with Crippen LogP contribution in [-0.4, -0.2) is 20.4 Å². The van der Waals surface area contributed by atoms with Crippen LogP contribution >= 0.6 is 0 Å². The fourth-order valence-electron chi connectivity index (χ4n) is 2.18. The van der Waals surface area contributed by atoms with Crippen molar-refractivity contribution in [2.45, 2.75) is 13.0 Å². The first kappa shape index (κ1) is 14.8. The van der Waals surface area contributed by atoms with Gasteiger partial charge in [-0.3, -0.25) is 19.1 Å². The quantitative estimate of drug-likeness (QED) is 0.799. The maximum atomic E-state index is 13.1. The second-order valence-electron chi connectivity index (χ2n) is 4.94. The van der Waals surface area contributed by atoms with Crippen molar-refractivity contribution in [3.63, 3.8) is 0 Å². The molecule has 0 spiro atoms. The molecule has 3 rings (SSSR count). The fourth-order valence-corrected chi connectivity index (χ4v) is 2.18. The topological polar surface area (TPSA) is 76.9 Å². The van der Waals surface area contributed by atoms with Gasteiger partial charge in [0.25, 0.3) is 5.56 Å². The van der Waals surface area contributed by atoms with Crippen LogP contribution in [0.1, 0.15) is 6.42 Å². The highest BCUT2D eigenvalue weighted by molar-refractivity contribution is 5.90. The van der Waals surface area contributed by atoms with Gasteiger partial charge in [-0.05, 0) is 24.3 Å². The van der Waals surface area contributed by atoms with E-state index in [4.69, 9.17) is 0 Å². The van der Waals surface area contributed by atoms with Gasteiger partial charge in [0.1, 0.15) is 5.82 Å². The number of carbonyl (C=O) groups excluding carboxylic acids is 1. The second-order valence-corrected chi connectivity index (χ2v) is 4.94. The standard InChI is InChI=1S/C16H13FN4O2/c17-11-2-1-3-12(8-11)20-15(22)5-7-21-10-19-14-9-18-6-4-13(14)16(21)23/h1-4,6,8-10H,5,7H2,(H,20,22). The minimum absolute atomic E-state index is 0.0781. The number of benzene rings is 1. The third-order valence-corrected chi connectivity index (χ3v) is 3.32. The summed E-state index contributed by atoms with van der Waals surface area (Å²) >= 11 is 0. The highest BCUT2D eigenvalue weighted by Gasteiger charge is 2.07. The van der Waals surface area contributed by atoms with E-state index in [9.17, 15) is 14.0 Å². The molecule has 0 atom stereocenters. The van der Waals surface area contributed by atoms with Gasteiger partial charge in [0, 0.05) is 24.8 Å². The highest BCUT2D eigenvalue weighted by atomic mass is 19.1. The second kappa shape index (κ2) is 6.35. The summed E-state index contributed by atoms with van der Waals surface area (Å²) in [4.78, 5) is 32.2. The molecule has 1 amide bonds. The van der Waals surface area contributed by atoms with Crippen LogP contribution in [0.2, 0.25) is 0 Å². The summed E-state index contributed by atoms with van der Waals surface area (Å²) in [5.74, 6) is -0.733. The Labute approximate surface area is 130 Å². The first-order valence-corrected chi connectivity index (χ1v) is 6.98. The molecule has 6 nitrogen and oxygen atoms in total. The molecule has 1 N–H and O–H groups in total. The Balaban J connectivity index is 1.70. The average molecular weight is 312 g/mol. The minimum atomic E-state index is -0.425. The van der Waals surface area contributed by atoms with Gasteiger partial charge in [0.2, 0.25) is 5.91 Å². The first-order chi connectivity index (χ1) is 11.1. The van der Waals surface area contributed by atoms with Gasteiger partial charge in [-0.1, -0.05) is 6.07 Å². The molecule has 0 aliphatic heterocycles. The lowest BCUT2D eigenvalue weighted by Gasteiger charge is -2.07. The van der Waals surface area contributed by atoms with Crippen molar-refractivity contribution < 1.29 is 9.18 Å². The molecule has 3 aromatic rings. The van der Waals surface area contributed by atoms with E-state index in [1.807, 2.05) is 0 Å². The summed E-state index contributed by atoms with van der Waals surface area (Å²) in [5.41, 5.74) is 0.666. The molecule has 2 heterocycles. The number of carbonyl (C=O) groups is 1. The van der Waals surface area contributed by atoms with Gasteiger partial charge in [-0.15, -0.1) is 0 Å². The zero-order valence-electron chi connectivity index (χ0n) is 12.1. The molecule has 7 heteroatoms. The zero-order chi connectivity index (χ0) is 16.2. The summed E-state index contributed by atoms with van der Waals surface area (Å²) in [6.45, 7) is 0.186. The van der Waals surface area contributed by atoms with Gasteiger partial charge < -0.3 is 5.32 Å². The van der Waals surface area contributed by atoms with Gasteiger partial charge in [0.15, 0.2) is 0 Å². The Morgan fingerprint density at radius 2 is 2.17 bits per heavy atom. The Morgan fingerprint density at radius 1 is 1.30 bits per heavy atom. The number of pyridine rings is 1. The zero-order valence-corrected chi connectivity index (χ0v) is 12.1. The lowest BCUT2D eigenvalue weighted by Crippen LogP contribution is -2.23. The van der Waals surface area contributed by atoms with Crippen LogP contribution in [0.5, 0.6) is 0 Å². The largest absolute Gasteiger partial charge is 0.326 e. The molecule has 0 radical (unpaired) electrons. The number of halogens is 1. The molecular weight excluding hydrogens is 299 g/mol. The molecular formula is C16H13FN4O2. The van der Waals surface area contributed by atoms with Gasteiger partial charge in [-0.2, -0.15) is 0 Å². The smallest absolute Gasteiger partial charge is 0.261 e. The van der Waals surface area contributed by atoms with E-state index < -0.39 is 5.82 Å². The average Bonchev–Trinajstić information content (AvgIpc) is 2.54. The first-order valence-electron chi connectivity index (χ1n) is 6.98. The van der Waals surface area contributed by atoms with Gasteiger partial charge >= 0.3 is 0 Å². The summed E-state index contributed by atoms with van der Waals surface area (Å²) < 4.78 is 14.4. The number of nitrogens with zero attached hydrogens (tertiary/aromatic N) is 3. The van der Waals surface area contributed by atoms with Crippen LogP contribution in [0.15, 0.2) is 53.8 Å². The van der Waals surface area contributed by atoms with Crippen LogP contribution in [0, 0.1) is 5.82 Å². The van der Waals surface area contributed by atoms with Crippen LogP contribution in [0.4, 0.5) is 10.1 Å². The van der Waals surface area contributed by atoms with Gasteiger partial charge in [0.05, 0.1) is 23.4 Å².